The molecule has 2 amide bonds. The van der Waals surface area contributed by atoms with Gasteiger partial charge < -0.3 is 15.0 Å². The molecule has 200 valence electrons. The van der Waals surface area contributed by atoms with Crippen LogP contribution in [-0.2, 0) is 32.7 Å². The number of hydrogen-bond donors (Lipinski definition) is 1. The molecule has 0 saturated carbocycles. The summed E-state index contributed by atoms with van der Waals surface area (Å²) in [7, 11) is -4.12. The first-order valence-electron chi connectivity index (χ1n) is 12.4. The Bertz CT molecular complexity index is 1400. The summed E-state index contributed by atoms with van der Waals surface area (Å²) in [5.74, 6) is 0.0245. The number of carbonyl (C=O) groups excluding carboxylic acids is 2. The van der Waals surface area contributed by atoms with Gasteiger partial charge in [0.25, 0.3) is 10.0 Å². The maximum Gasteiger partial charge on any atom is 0.264 e. The van der Waals surface area contributed by atoms with E-state index in [1.165, 1.54) is 24.3 Å². The van der Waals surface area contributed by atoms with Crippen LogP contribution in [0.3, 0.4) is 0 Å². The van der Waals surface area contributed by atoms with Gasteiger partial charge in [-0.1, -0.05) is 48.0 Å². The number of nitrogens with one attached hydrogen (secondary N) is 1. The van der Waals surface area contributed by atoms with Crippen LogP contribution in [0.5, 0.6) is 5.75 Å². The fraction of sp³-hybridized carbons (Fsp3) is 0.286. The highest BCUT2D eigenvalue weighted by atomic mass is 35.5. The number of sulfonamides is 1. The van der Waals surface area contributed by atoms with Gasteiger partial charge in [-0.2, -0.15) is 0 Å². The van der Waals surface area contributed by atoms with E-state index in [-0.39, 0.29) is 23.0 Å². The fourth-order valence-corrected chi connectivity index (χ4v) is 5.85. The Morgan fingerprint density at radius 2 is 1.79 bits per heavy atom. The zero-order valence-electron chi connectivity index (χ0n) is 21.1. The van der Waals surface area contributed by atoms with Crippen molar-refractivity contribution in [3.05, 3.63) is 88.9 Å². The van der Waals surface area contributed by atoms with Crippen LogP contribution in [-0.4, -0.2) is 44.8 Å². The second-order valence-electron chi connectivity index (χ2n) is 8.88. The van der Waals surface area contributed by atoms with E-state index in [2.05, 4.69) is 5.32 Å². The van der Waals surface area contributed by atoms with Gasteiger partial charge in [0.05, 0.1) is 17.2 Å². The monoisotopic (exact) mass is 555 g/mol. The second kappa shape index (κ2) is 12.3. The molecule has 0 spiro atoms. The van der Waals surface area contributed by atoms with Crippen LogP contribution >= 0.6 is 11.6 Å². The molecule has 38 heavy (non-hydrogen) atoms. The number of ether oxygens (including phenoxy) is 1. The maximum absolute atomic E-state index is 13.7. The third-order valence-electron chi connectivity index (χ3n) is 6.15. The second-order valence-corrected chi connectivity index (χ2v) is 11.2. The van der Waals surface area contributed by atoms with Crippen LogP contribution in [0.4, 0.5) is 5.69 Å². The van der Waals surface area contributed by atoms with Crippen molar-refractivity contribution in [1.82, 2.24) is 10.2 Å². The molecule has 8 nitrogen and oxygen atoms in total. The maximum atomic E-state index is 13.7. The number of halogens is 1. The molecular formula is C28H30ClN3O5S. The highest BCUT2D eigenvalue weighted by Gasteiger charge is 2.29. The lowest BCUT2D eigenvalue weighted by molar-refractivity contribution is -0.128. The smallest absolute Gasteiger partial charge is 0.264 e. The molecule has 1 N–H and O–H groups in total. The molecule has 1 fully saturated rings. The number of anilines is 1. The van der Waals surface area contributed by atoms with Gasteiger partial charge in [-0.05, 0) is 60.9 Å². The number of para-hydroxylation sites is 2. The van der Waals surface area contributed by atoms with Crippen LogP contribution in [0.15, 0.2) is 77.7 Å². The molecule has 0 atom stereocenters. The van der Waals surface area contributed by atoms with Crippen molar-refractivity contribution < 1.29 is 22.7 Å². The molecule has 0 unspecified atom stereocenters. The molecule has 0 radical (unpaired) electrons. The average Bonchev–Trinajstić information content (AvgIpc) is 3.31. The predicted molar refractivity (Wildman–Crippen MR) is 147 cm³/mol. The van der Waals surface area contributed by atoms with E-state index in [1.54, 1.807) is 31.2 Å². The van der Waals surface area contributed by atoms with Gasteiger partial charge >= 0.3 is 0 Å². The van der Waals surface area contributed by atoms with Crippen molar-refractivity contribution in [3.8, 4) is 5.75 Å². The summed E-state index contributed by atoms with van der Waals surface area (Å²) < 4.78 is 34.0. The molecule has 4 rings (SSSR count). The first-order chi connectivity index (χ1) is 18.3. The highest BCUT2D eigenvalue weighted by Crippen LogP contribution is 2.32. The zero-order valence-corrected chi connectivity index (χ0v) is 22.7. The van der Waals surface area contributed by atoms with Crippen LogP contribution in [0.25, 0.3) is 0 Å². The van der Waals surface area contributed by atoms with Gasteiger partial charge in [-0.25, -0.2) is 8.42 Å². The molecule has 3 aromatic rings. The Balaban J connectivity index is 1.52. The van der Waals surface area contributed by atoms with Crippen molar-refractivity contribution >= 4 is 39.1 Å². The summed E-state index contributed by atoms with van der Waals surface area (Å²) in [5.41, 5.74) is 2.09. The van der Waals surface area contributed by atoms with E-state index in [0.717, 1.165) is 28.4 Å². The summed E-state index contributed by atoms with van der Waals surface area (Å²) in [6, 6.07) is 20.1. The number of amides is 2. The van der Waals surface area contributed by atoms with Crippen LogP contribution in [0, 0.1) is 0 Å². The van der Waals surface area contributed by atoms with Crippen LogP contribution in [0.2, 0.25) is 5.02 Å². The highest BCUT2D eigenvalue weighted by molar-refractivity contribution is 7.92. The van der Waals surface area contributed by atoms with Crippen molar-refractivity contribution in [2.75, 3.05) is 24.0 Å². The van der Waals surface area contributed by atoms with Crippen LogP contribution in [0.1, 0.15) is 30.9 Å². The Morgan fingerprint density at radius 3 is 2.50 bits per heavy atom. The number of rotatable bonds is 11. The van der Waals surface area contributed by atoms with E-state index in [9.17, 15) is 18.0 Å². The number of carbonyl (C=O) groups is 2. The number of nitrogens with zero attached hydrogens (tertiary/aromatic N) is 2. The van der Waals surface area contributed by atoms with Crippen molar-refractivity contribution in [2.24, 2.45) is 0 Å². The Kier molecular flexibility index (Phi) is 8.91. The lowest BCUT2D eigenvalue weighted by atomic mass is 10.1. The van der Waals surface area contributed by atoms with Crippen LogP contribution < -0.4 is 14.4 Å². The van der Waals surface area contributed by atoms with E-state index < -0.39 is 22.5 Å². The first-order valence-corrected chi connectivity index (χ1v) is 14.2. The largest absolute Gasteiger partial charge is 0.492 e. The van der Waals surface area contributed by atoms with Gasteiger partial charge in [-0.3, -0.25) is 13.9 Å². The normalized spacial score (nSPS) is 13.4. The van der Waals surface area contributed by atoms with Gasteiger partial charge in [0.1, 0.15) is 12.3 Å². The van der Waals surface area contributed by atoms with Gasteiger partial charge in [0.2, 0.25) is 11.8 Å². The third-order valence-corrected chi connectivity index (χ3v) is 8.17. The standard InChI is InChI=1S/C28H30ClN3O5S/c1-2-37-26-10-4-3-9-25(26)32(38(35,36)24-14-12-23(29)13-15-24)20-27(33)30-18-21-7-5-8-22(17-21)19-31-16-6-11-28(31)34/h3-5,7-10,12-15,17H,2,6,11,16,18-20H2,1H3,(H,30,33). The van der Waals surface area contributed by atoms with E-state index >= 15 is 0 Å². The summed E-state index contributed by atoms with van der Waals surface area (Å²) in [4.78, 5) is 26.9. The summed E-state index contributed by atoms with van der Waals surface area (Å²) in [6.07, 6.45) is 1.45. The molecular weight excluding hydrogens is 526 g/mol. The first kappa shape index (κ1) is 27.5. The number of hydrogen-bond acceptors (Lipinski definition) is 5. The fourth-order valence-electron chi connectivity index (χ4n) is 4.29. The SMILES string of the molecule is CCOc1ccccc1N(CC(=O)NCc1cccc(CN2CCCC2=O)c1)S(=O)(=O)c1ccc(Cl)cc1. The van der Waals surface area contributed by atoms with E-state index in [4.69, 9.17) is 16.3 Å². The van der Waals surface area contributed by atoms with Gasteiger partial charge in [0, 0.05) is 31.1 Å². The topological polar surface area (TPSA) is 96.0 Å². The van der Waals surface area contributed by atoms with Crippen molar-refractivity contribution in [3.63, 3.8) is 0 Å². The lowest BCUT2D eigenvalue weighted by Gasteiger charge is -2.26. The molecule has 10 heteroatoms. The average molecular weight is 556 g/mol. The molecule has 3 aromatic carbocycles. The summed E-state index contributed by atoms with van der Waals surface area (Å²) >= 11 is 5.96. The zero-order chi connectivity index (χ0) is 27.1. The molecule has 0 aliphatic carbocycles. The van der Waals surface area contributed by atoms with Gasteiger partial charge in [0.15, 0.2) is 0 Å². The minimum Gasteiger partial charge on any atom is -0.492 e. The Hall–Kier alpha value is -3.56. The van der Waals surface area contributed by atoms with Crippen molar-refractivity contribution in [1.29, 1.82) is 0 Å². The van der Waals surface area contributed by atoms with Crippen molar-refractivity contribution in [2.45, 2.75) is 37.8 Å². The van der Waals surface area contributed by atoms with Gasteiger partial charge in [-0.15, -0.1) is 0 Å². The van der Waals surface area contributed by atoms with E-state index in [1.807, 2.05) is 29.2 Å². The summed E-state index contributed by atoms with van der Waals surface area (Å²) in [6.45, 7) is 3.18. The minimum absolute atomic E-state index is 0.00478. The molecule has 1 aliphatic rings. The molecule has 1 heterocycles. The molecule has 1 saturated heterocycles. The number of benzene rings is 3. The lowest BCUT2D eigenvalue weighted by Crippen LogP contribution is -2.41. The Labute approximate surface area is 228 Å². The quantitative estimate of drug-likeness (QED) is 0.379. The number of likely N-dealkylation sites (tertiary alicyclic amines) is 1. The molecule has 0 bridgehead atoms. The molecule has 0 aromatic heterocycles. The predicted octanol–water partition coefficient (Wildman–Crippen LogP) is 4.37. The molecule has 1 aliphatic heterocycles. The summed E-state index contributed by atoms with van der Waals surface area (Å²) in [5, 5.41) is 3.23. The Morgan fingerprint density at radius 1 is 1.05 bits per heavy atom. The van der Waals surface area contributed by atoms with E-state index in [0.29, 0.717) is 30.3 Å². The third kappa shape index (κ3) is 6.65. The minimum atomic E-state index is -4.12.